The highest BCUT2D eigenvalue weighted by Gasteiger charge is 2.31. The Morgan fingerprint density at radius 1 is 1.33 bits per heavy atom. The Hall–Kier alpha value is -1.35. The Morgan fingerprint density at radius 2 is 2.27 bits per heavy atom. The van der Waals surface area contributed by atoms with Crippen molar-refractivity contribution in [1.82, 2.24) is 5.32 Å². The van der Waals surface area contributed by atoms with E-state index < -0.39 is 0 Å². The first-order valence-electron chi connectivity index (χ1n) is 5.49. The standard InChI is InChI=1S/C12H14N2O/c1-2-4-10-9(3-1)5-8-15-11(10)12-13-6-7-14-12/h1-4,11H,5-8H2,(H,13,14)/p+1/t11-/m0/s1. The second kappa shape index (κ2) is 3.66. The van der Waals surface area contributed by atoms with Crippen molar-refractivity contribution in [2.45, 2.75) is 12.5 Å². The van der Waals surface area contributed by atoms with Crippen LogP contribution in [0.15, 0.2) is 24.3 Å². The molecule has 2 aliphatic heterocycles. The zero-order valence-electron chi connectivity index (χ0n) is 8.62. The number of rotatable bonds is 1. The number of benzene rings is 1. The molecule has 78 valence electrons. The molecule has 2 aliphatic rings. The van der Waals surface area contributed by atoms with Crippen molar-refractivity contribution in [2.75, 3.05) is 19.7 Å². The molecule has 0 aliphatic carbocycles. The van der Waals surface area contributed by atoms with Gasteiger partial charge in [-0.1, -0.05) is 24.3 Å². The Kier molecular flexibility index (Phi) is 2.18. The summed E-state index contributed by atoms with van der Waals surface area (Å²) in [5, 5.41) is 3.35. The van der Waals surface area contributed by atoms with Crippen LogP contribution in [0.2, 0.25) is 0 Å². The maximum absolute atomic E-state index is 5.83. The van der Waals surface area contributed by atoms with Gasteiger partial charge in [0.2, 0.25) is 0 Å². The van der Waals surface area contributed by atoms with Gasteiger partial charge in [-0.3, -0.25) is 10.3 Å². The highest BCUT2D eigenvalue weighted by atomic mass is 16.5. The van der Waals surface area contributed by atoms with Crippen molar-refractivity contribution in [3.05, 3.63) is 35.4 Å². The Morgan fingerprint density at radius 3 is 3.13 bits per heavy atom. The first-order chi connectivity index (χ1) is 7.45. The summed E-state index contributed by atoms with van der Waals surface area (Å²) in [6.45, 7) is 2.81. The van der Waals surface area contributed by atoms with Crippen LogP contribution in [0.3, 0.4) is 0 Å². The number of fused-ring (bicyclic) bond motifs is 1. The maximum atomic E-state index is 5.83. The van der Waals surface area contributed by atoms with Gasteiger partial charge in [0.05, 0.1) is 6.61 Å². The Bertz CT molecular complexity index is 400. The highest BCUT2D eigenvalue weighted by Crippen LogP contribution is 2.26. The summed E-state index contributed by atoms with van der Waals surface area (Å²) in [5.74, 6) is 1.13. The fourth-order valence-electron chi connectivity index (χ4n) is 2.28. The maximum Gasteiger partial charge on any atom is 0.277 e. The molecule has 2 heterocycles. The largest absolute Gasteiger partial charge is 0.360 e. The number of hydrogen-bond acceptors (Lipinski definition) is 2. The molecule has 0 aromatic heterocycles. The van der Waals surface area contributed by atoms with Crippen molar-refractivity contribution in [3.63, 3.8) is 0 Å². The van der Waals surface area contributed by atoms with E-state index in [1.54, 1.807) is 0 Å². The zero-order valence-corrected chi connectivity index (χ0v) is 8.62. The van der Waals surface area contributed by atoms with E-state index in [-0.39, 0.29) is 6.10 Å². The molecule has 0 radical (unpaired) electrons. The van der Waals surface area contributed by atoms with E-state index >= 15 is 0 Å². The van der Waals surface area contributed by atoms with E-state index in [2.05, 4.69) is 34.6 Å². The molecule has 1 aromatic rings. The lowest BCUT2D eigenvalue weighted by molar-refractivity contribution is -0.448. The van der Waals surface area contributed by atoms with Gasteiger partial charge in [0.25, 0.3) is 5.84 Å². The van der Waals surface area contributed by atoms with Crippen molar-refractivity contribution in [1.29, 1.82) is 0 Å². The average molecular weight is 203 g/mol. The number of ether oxygens (including phenoxy) is 1. The van der Waals surface area contributed by atoms with Gasteiger partial charge in [0.1, 0.15) is 13.1 Å². The number of nitrogens with one attached hydrogen (secondary N) is 2. The molecule has 3 heteroatoms. The molecule has 0 saturated heterocycles. The molecule has 0 fully saturated rings. The zero-order chi connectivity index (χ0) is 10.1. The highest BCUT2D eigenvalue weighted by molar-refractivity contribution is 5.83. The van der Waals surface area contributed by atoms with Gasteiger partial charge < -0.3 is 4.74 Å². The molecule has 2 N–H and O–H groups in total. The fraction of sp³-hybridized carbons (Fsp3) is 0.417. The number of amidine groups is 1. The van der Waals surface area contributed by atoms with Crippen molar-refractivity contribution < 1.29 is 9.73 Å². The summed E-state index contributed by atoms with van der Waals surface area (Å²) in [5.41, 5.74) is 2.72. The lowest BCUT2D eigenvalue weighted by atomic mass is 9.97. The van der Waals surface area contributed by atoms with Crippen LogP contribution in [-0.2, 0) is 11.2 Å². The van der Waals surface area contributed by atoms with Crippen LogP contribution in [0.4, 0.5) is 0 Å². The fourth-order valence-corrected chi connectivity index (χ4v) is 2.28. The number of hydrogen-bond donors (Lipinski definition) is 2. The molecule has 15 heavy (non-hydrogen) atoms. The lowest BCUT2D eigenvalue weighted by Gasteiger charge is -2.23. The molecule has 0 amide bonds. The summed E-state index contributed by atoms with van der Waals surface area (Å²) in [6, 6.07) is 8.53. The molecule has 1 atom stereocenters. The average Bonchev–Trinajstić information content (AvgIpc) is 2.82. The predicted molar refractivity (Wildman–Crippen MR) is 57.7 cm³/mol. The van der Waals surface area contributed by atoms with Gasteiger partial charge >= 0.3 is 0 Å². The second-order valence-electron chi connectivity index (χ2n) is 3.97. The van der Waals surface area contributed by atoms with E-state index in [1.807, 2.05) is 0 Å². The minimum atomic E-state index is 0.0949. The molecule has 0 spiro atoms. The third-order valence-corrected chi connectivity index (χ3v) is 3.01. The van der Waals surface area contributed by atoms with Crippen molar-refractivity contribution >= 4 is 5.84 Å². The van der Waals surface area contributed by atoms with E-state index in [0.717, 1.165) is 32.0 Å². The molecular formula is C12H15N2O+. The van der Waals surface area contributed by atoms with Gasteiger partial charge in [-0.05, 0) is 17.5 Å². The van der Waals surface area contributed by atoms with Gasteiger partial charge in [-0.15, -0.1) is 0 Å². The molecular weight excluding hydrogens is 188 g/mol. The third kappa shape index (κ3) is 1.53. The van der Waals surface area contributed by atoms with Crippen molar-refractivity contribution in [3.8, 4) is 0 Å². The van der Waals surface area contributed by atoms with Crippen molar-refractivity contribution in [2.24, 2.45) is 0 Å². The smallest absolute Gasteiger partial charge is 0.277 e. The van der Waals surface area contributed by atoms with E-state index in [0.29, 0.717) is 0 Å². The summed E-state index contributed by atoms with van der Waals surface area (Å²) < 4.78 is 5.83. The monoisotopic (exact) mass is 203 g/mol. The summed E-state index contributed by atoms with van der Waals surface area (Å²) in [7, 11) is 0. The van der Waals surface area contributed by atoms with Crippen LogP contribution in [0.1, 0.15) is 17.2 Å². The minimum Gasteiger partial charge on any atom is -0.360 e. The predicted octanol–water partition coefficient (Wildman–Crippen LogP) is -0.617. The van der Waals surface area contributed by atoms with Crippen LogP contribution in [0, 0.1) is 0 Å². The van der Waals surface area contributed by atoms with E-state index in [9.17, 15) is 0 Å². The quantitative estimate of drug-likeness (QED) is 0.638. The van der Waals surface area contributed by atoms with Gasteiger partial charge in [-0.25, -0.2) is 0 Å². The molecule has 0 bridgehead atoms. The molecule has 3 rings (SSSR count). The van der Waals surface area contributed by atoms with Crippen LogP contribution < -0.4 is 10.3 Å². The molecule has 1 aromatic carbocycles. The van der Waals surface area contributed by atoms with Crippen LogP contribution in [-0.4, -0.2) is 25.5 Å². The summed E-state index contributed by atoms with van der Waals surface area (Å²) in [4.78, 5) is 3.35. The Balaban J connectivity index is 1.98. The lowest BCUT2D eigenvalue weighted by Crippen LogP contribution is -2.72. The Labute approximate surface area is 89.2 Å². The van der Waals surface area contributed by atoms with Gasteiger partial charge in [0.15, 0.2) is 6.10 Å². The third-order valence-electron chi connectivity index (χ3n) is 3.01. The first kappa shape index (κ1) is 8.92. The van der Waals surface area contributed by atoms with E-state index in [4.69, 9.17) is 4.74 Å². The minimum absolute atomic E-state index is 0.0949. The summed E-state index contributed by atoms with van der Waals surface area (Å²) >= 11 is 0. The molecule has 0 saturated carbocycles. The van der Waals surface area contributed by atoms with Gasteiger partial charge in [-0.2, -0.15) is 0 Å². The normalized spacial score (nSPS) is 24.3. The SMILES string of the molecule is c1ccc2c(c1)CCO[C@@H]2C1=[NH+]CCN1. The molecule has 3 nitrogen and oxygen atoms in total. The van der Waals surface area contributed by atoms with Crippen LogP contribution >= 0.6 is 0 Å². The van der Waals surface area contributed by atoms with E-state index in [1.165, 1.54) is 11.1 Å². The first-order valence-corrected chi connectivity index (χ1v) is 5.49. The van der Waals surface area contributed by atoms with Gasteiger partial charge in [0, 0.05) is 0 Å². The molecule has 0 unspecified atom stereocenters. The second-order valence-corrected chi connectivity index (χ2v) is 3.97. The topological polar surface area (TPSA) is 35.2 Å². The summed E-state index contributed by atoms with van der Waals surface area (Å²) in [6.07, 6.45) is 1.12. The van der Waals surface area contributed by atoms with Crippen LogP contribution in [0.25, 0.3) is 0 Å². The van der Waals surface area contributed by atoms with Crippen LogP contribution in [0.5, 0.6) is 0 Å².